The molecule has 1 saturated heterocycles. The van der Waals surface area contributed by atoms with Crippen LogP contribution in [0.1, 0.15) is 31.2 Å². The van der Waals surface area contributed by atoms with Crippen molar-refractivity contribution in [3.05, 3.63) is 30.1 Å². The second-order valence-electron chi connectivity index (χ2n) is 4.45. The molecule has 0 spiro atoms. The maximum Gasteiger partial charge on any atom is 0.107 e. The van der Waals surface area contributed by atoms with Crippen molar-refractivity contribution in [2.45, 2.75) is 38.0 Å². The van der Waals surface area contributed by atoms with Gasteiger partial charge in [0.2, 0.25) is 0 Å². The van der Waals surface area contributed by atoms with E-state index in [1.54, 1.807) is 6.20 Å². The Labute approximate surface area is 90.8 Å². The third-order valence-electron chi connectivity index (χ3n) is 3.44. The van der Waals surface area contributed by atoms with Crippen LogP contribution < -0.4 is 0 Å². The summed E-state index contributed by atoms with van der Waals surface area (Å²) in [6.07, 6.45) is 5.29. The van der Waals surface area contributed by atoms with Gasteiger partial charge in [0.1, 0.15) is 6.23 Å². The molecular formula is C12H18N2O. The van der Waals surface area contributed by atoms with E-state index in [2.05, 4.69) is 18.0 Å². The molecule has 0 aromatic carbocycles. The van der Waals surface area contributed by atoms with Gasteiger partial charge in [-0.25, -0.2) is 0 Å². The summed E-state index contributed by atoms with van der Waals surface area (Å²) in [5.41, 5.74) is 1.25. The van der Waals surface area contributed by atoms with Gasteiger partial charge in [-0.15, -0.1) is 0 Å². The average Bonchev–Trinajstić information content (AvgIpc) is 2.26. The van der Waals surface area contributed by atoms with E-state index in [0.29, 0.717) is 12.0 Å². The van der Waals surface area contributed by atoms with Crippen molar-refractivity contribution in [1.29, 1.82) is 0 Å². The Morgan fingerprint density at radius 1 is 1.47 bits per heavy atom. The molecule has 0 amide bonds. The summed E-state index contributed by atoms with van der Waals surface area (Å²) in [6.45, 7) is 2.16. The first kappa shape index (κ1) is 10.6. The Hall–Kier alpha value is -0.930. The summed E-state index contributed by atoms with van der Waals surface area (Å²) in [5, 5.41) is 9.89. The summed E-state index contributed by atoms with van der Waals surface area (Å²) in [6, 6.07) is 4.49. The normalized spacial score (nSPS) is 32.9. The molecule has 1 aromatic heterocycles. The zero-order valence-electron chi connectivity index (χ0n) is 9.30. The highest BCUT2D eigenvalue weighted by Gasteiger charge is 2.30. The molecule has 1 aromatic rings. The number of pyridine rings is 1. The first-order chi connectivity index (χ1) is 7.18. The Morgan fingerprint density at radius 2 is 2.27 bits per heavy atom. The van der Waals surface area contributed by atoms with Crippen molar-refractivity contribution in [1.82, 2.24) is 9.88 Å². The maximum atomic E-state index is 9.89. The minimum atomic E-state index is -0.320. The number of aliphatic hydroxyl groups is 1. The van der Waals surface area contributed by atoms with Crippen LogP contribution in [-0.2, 0) is 0 Å². The average molecular weight is 206 g/mol. The summed E-state index contributed by atoms with van der Waals surface area (Å²) in [7, 11) is 1.98. The fraction of sp³-hybridized carbons (Fsp3) is 0.583. The van der Waals surface area contributed by atoms with E-state index in [4.69, 9.17) is 0 Å². The highest BCUT2D eigenvalue weighted by Crippen LogP contribution is 2.32. The molecule has 1 aliphatic rings. The van der Waals surface area contributed by atoms with Crippen LogP contribution >= 0.6 is 0 Å². The smallest absolute Gasteiger partial charge is 0.107 e. The molecule has 82 valence electrons. The SMILES string of the molecule is CC1CC(c2cccnc2)CC(O)N1C. The Kier molecular flexibility index (Phi) is 3.03. The molecule has 3 unspecified atom stereocenters. The van der Waals surface area contributed by atoms with Crippen molar-refractivity contribution >= 4 is 0 Å². The van der Waals surface area contributed by atoms with Crippen LogP contribution in [0.3, 0.4) is 0 Å². The Balaban J connectivity index is 2.13. The van der Waals surface area contributed by atoms with Crippen LogP contribution in [0.15, 0.2) is 24.5 Å². The van der Waals surface area contributed by atoms with Crippen molar-refractivity contribution in [2.75, 3.05) is 7.05 Å². The fourth-order valence-electron chi connectivity index (χ4n) is 2.28. The number of nitrogens with zero attached hydrogens (tertiary/aromatic N) is 2. The molecule has 2 heterocycles. The maximum absolute atomic E-state index is 9.89. The van der Waals surface area contributed by atoms with Crippen molar-refractivity contribution in [3.8, 4) is 0 Å². The predicted molar refractivity (Wildman–Crippen MR) is 59.4 cm³/mol. The van der Waals surface area contributed by atoms with E-state index in [0.717, 1.165) is 12.8 Å². The first-order valence-electron chi connectivity index (χ1n) is 5.48. The minimum absolute atomic E-state index is 0.320. The van der Waals surface area contributed by atoms with Crippen LogP contribution in [-0.4, -0.2) is 34.3 Å². The van der Waals surface area contributed by atoms with Crippen molar-refractivity contribution < 1.29 is 5.11 Å². The van der Waals surface area contributed by atoms with Gasteiger partial charge in [-0.05, 0) is 44.4 Å². The number of likely N-dealkylation sites (tertiary alicyclic amines) is 1. The van der Waals surface area contributed by atoms with Crippen LogP contribution in [0.5, 0.6) is 0 Å². The quantitative estimate of drug-likeness (QED) is 0.758. The molecule has 0 saturated carbocycles. The number of piperidine rings is 1. The second-order valence-corrected chi connectivity index (χ2v) is 4.45. The lowest BCUT2D eigenvalue weighted by Crippen LogP contribution is -2.44. The van der Waals surface area contributed by atoms with E-state index in [1.807, 2.05) is 24.2 Å². The van der Waals surface area contributed by atoms with E-state index >= 15 is 0 Å². The van der Waals surface area contributed by atoms with Gasteiger partial charge in [0.15, 0.2) is 0 Å². The molecule has 1 N–H and O–H groups in total. The molecule has 3 atom stereocenters. The van der Waals surface area contributed by atoms with E-state index in [9.17, 15) is 5.11 Å². The zero-order valence-corrected chi connectivity index (χ0v) is 9.30. The van der Waals surface area contributed by atoms with Crippen molar-refractivity contribution in [3.63, 3.8) is 0 Å². The summed E-state index contributed by atoms with van der Waals surface area (Å²) in [4.78, 5) is 6.17. The first-order valence-corrected chi connectivity index (χ1v) is 5.48. The Bertz CT molecular complexity index is 303. The largest absolute Gasteiger partial charge is 0.378 e. The number of aliphatic hydroxyl groups excluding tert-OH is 1. The highest BCUT2D eigenvalue weighted by atomic mass is 16.3. The third-order valence-corrected chi connectivity index (χ3v) is 3.44. The topological polar surface area (TPSA) is 36.4 Å². The lowest BCUT2D eigenvalue weighted by Gasteiger charge is -2.39. The lowest BCUT2D eigenvalue weighted by atomic mass is 9.86. The molecule has 1 aliphatic heterocycles. The Morgan fingerprint density at radius 3 is 2.87 bits per heavy atom. The number of aromatic nitrogens is 1. The van der Waals surface area contributed by atoms with E-state index < -0.39 is 0 Å². The van der Waals surface area contributed by atoms with Crippen LogP contribution in [0.4, 0.5) is 0 Å². The summed E-state index contributed by atoms with van der Waals surface area (Å²) < 4.78 is 0. The van der Waals surface area contributed by atoms with Gasteiger partial charge in [-0.2, -0.15) is 0 Å². The zero-order chi connectivity index (χ0) is 10.8. The third kappa shape index (κ3) is 2.19. The standard InChI is InChI=1S/C12H18N2O/c1-9-6-11(7-12(15)14(9)2)10-4-3-5-13-8-10/h3-5,8-9,11-12,15H,6-7H2,1-2H3. The predicted octanol–water partition coefficient (Wildman–Crippen LogP) is 1.60. The molecule has 2 rings (SSSR count). The lowest BCUT2D eigenvalue weighted by molar-refractivity contribution is -0.0410. The molecule has 0 aliphatic carbocycles. The molecule has 3 heteroatoms. The van der Waals surface area contributed by atoms with Gasteiger partial charge in [0.05, 0.1) is 0 Å². The number of rotatable bonds is 1. The molecule has 0 radical (unpaired) electrons. The second kappa shape index (κ2) is 4.29. The monoisotopic (exact) mass is 206 g/mol. The molecule has 3 nitrogen and oxygen atoms in total. The van der Waals surface area contributed by atoms with Gasteiger partial charge in [-0.3, -0.25) is 9.88 Å². The van der Waals surface area contributed by atoms with E-state index in [1.165, 1.54) is 5.56 Å². The summed E-state index contributed by atoms with van der Waals surface area (Å²) >= 11 is 0. The van der Waals surface area contributed by atoms with E-state index in [-0.39, 0.29) is 6.23 Å². The highest BCUT2D eigenvalue weighted by molar-refractivity contribution is 5.16. The van der Waals surface area contributed by atoms with Gasteiger partial charge in [0.25, 0.3) is 0 Å². The molecule has 1 fully saturated rings. The fourth-order valence-corrected chi connectivity index (χ4v) is 2.28. The van der Waals surface area contributed by atoms with Crippen LogP contribution in [0.2, 0.25) is 0 Å². The molecule has 0 bridgehead atoms. The van der Waals surface area contributed by atoms with Gasteiger partial charge in [0, 0.05) is 18.4 Å². The van der Waals surface area contributed by atoms with Gasteiger partial charge in [-0.1, -0.05) is 6.07 Å². The summed E-state index contributed by atoms with van der Waals surface area (Å²) in [5.74, 6) is 0.444. The van der Waals surface area contributed by atoms with Crippen LogP contribution in [0, 0.1) is 0 Å². The van der Waals surface area contributed by atoms with Crippen molar-refractivity contribution in [2.24, 2.45) is 0 Å². The van der Waals surface area contributed by atoms with Gasteiger partial charge >= 0.3 is 0 Å². The van der Waals surface area contributed by atoms with Gasteiger partial charge < -0.3 is 5.11 Å². The minimum Gasteiger partial charge on any atom is -0.378 e. The molecular weight excluding hydrogens is 188 g/mol. The van der Waals surface area contributed by atoms with Crippen LogP contribution in [0.25, 0.3) is 0 Å². The number of hydrogen-bond acceptors (Lipinski definition) is 3. The number of hydrogen-bond donors (Lipinski definition) is 1. The molecule has 15 heavy (non-hydrogen) atoms.